The highest BCUT2D eigenvalue weighted by Crippen LogP contribution is 2.21. The van der Waals surface area contributed by atoms with E-state index < -0.39 is 0 Å². The highest BCUT2D eigenvalue weighted by molar-refractivity contribution is 5.98. The zero-order valence-electron chi connectivity index (χ0n) is 12.1. The van der Waals surface area contributed by atoms with Crippen LogP contribution in [0.25, 0.3) is 0 Å². The molecule has 3 heterocycles. The zero-order valence-corrected chi connectivity index (χ0v) is 12.1. The van der Waals surface area contributed by atoms with Gasteiger partial charge in [-0.05, 0) is 31.2 Å². The summed E-state index contributed by atoms with van der Waals surface area (Å²) in [5, 5.41) is 0. The van der Waals surface area contributed by atoms with Crippen LogP contribution < -0.4 is 9.80 Å². The van der Waals surface area contributed by atoms with E-state index >= 15 is 0 Å². The summed E-state index contributed by atoms with van der Waals surface area (Å²) in [5.74, 6) is 1.86. The summed E-state index contributed by atoms with van der Waals surface area (Å²) in [6.07, 6.45) is 3.56. The third-order valence-electron chi connectivity index (χ3n) is 3.72. The molecule has 0 spiro atoms. The summed E-state index contributed by atoms with van der Waals surface area (Å²) in [7, 11) is 0. The van der Waals surface area contributed by atoms with Gasteiger partial charge in [0.25, 0.3) is 0 Å². The highest BCUT2D eigenvalue weighted by Gasteiger charge is 2.21. The Bertz CT molecular complexity index is 621. The fourth-order valence-electron chi connectivity index (χ4n) is 2.61. The fourth-order valence-corrected chi connectivity index (χ4v) is 2.61. The molecule has 0 atom stereocenters. The van der Waals surface area contributed by atoms with Gasteiger partial charge >= 0.3 is 0 Å². The lowest BCUT2D eigenvalue weighted by Crippen LogP contribution is -2.47. The van der Waals surface area contributed by atoms with Crippen molar-refractivity contribution in [3.63, 3.8) is 0 Å². The van der Waals surface area contributed by atoms with Crippen LogP contribution in [-0.2, 0) is 0 Å². The van der Waals surface area contributed by atoms with E-state index in [0.717, 1.165) is 37.8 Å². The van der Waals surface area contributed by atoms with Crippen molar-refractivity contribution in [3.05, 3.63) is 48.3 Å². The Morgan fingerprint density at radius 2 is 1.67 bits per heavy atom. The molecular formula is C16H18N4O. The molecule has 0 aromatic carbocycles. The van der Waals surface area contributed by atoms with Crippen LogP contribution in [0.5, 0.6) is 0 Å². The molecule has 0 radical (unpaired) electrons. The number of anilines is 2. The summed E-state index contributed by atoms with van der Waals surface area (Å²) >= 11 is 0. The number of rotatable bonds is 3. The third-order valence-corrected chi connectivity index (χ3v) is 3.72. The Hall–Kier alpha value is -2.43. The molecule has 1 aliphatic heterocycles. The molecule has 0 amide bonds. The predicted molar refractivity (Wildman–Crippen MR) is 82.9 cm³/mol. The maximum absolute atomic E-state index is 11.7. The SMILES string of the molecule is CC(=O)c1cccnc1N1CCN(c2ccccn2)CC1. The number of hydrogen-bond donors (Lipinski definition) is 0. The van der Waals surface area contributed by atoms with Crippen LogP contribution >= 0.6 is 0 Å². The van der Waals surface area contributed by atoms with Gasteiger partial charge in [-0.15, -0.1) is 0 Å². The molecule has 1 fully saturated rings. The standard InChI is InChI=1S/C16H18N4O/c1-13(21)14-5-4-8-18-16(14)20-11-9-19(10-12-20)15-6-2-3-7-17-15/h2-8H,9-12H2,1H3. The van der Waals surface area contributed by atoms with Crippen molar-refractivity contribution in [1.82, 2.24) is 9.97 Å². The highest BCUT2D eigenvalue weighted by atomic mass is 16.1. The van der Waals surface area contributed by atoms with Gasteiger partial charge in [-0.2, -0.15) is 0 Å². The van der Waals surface area contributed by atoms with Gasteiger partial charge < -0.3 is 9.80 Å². The first kappa shape index (κ1) is 13.5. The second-order valence-corrected chi connectivity index (χ2v) is 5.09. The molecule has 1 saturated heterocycles. The van der Waals surface area contributed by atoms with Crippen LogP contribution in [0.1, 0.15) is 17.3 Å². The second-order valence-electron chi connectivity index (χ2n) is 5.09. The Balaban J connectivity index is 1.73. The number of Topliss-reactive ketones (excluding diaryl/α,β-unsaturated/α-hetero) is 1. The number of hydrogen-bond acceptors (Lipinski definition) is 5. The van der Waals surface area contributed by atoms with Crippen LogP contribution in [0.3, 0.4) is 0 Å². The van der Waals surface area contributed by atoms with E-state index in [9.17, 15) is 4.79 Å². The number of pyridine rings is 2. The molecule has 5 nitrogen and oxygen atoms in total. The Morgan fingerprint density at radius 3 is 2.33 bits per heavy atom. The van der Waals surface area contributed by atoms with E-state index in [4.69, 9.17) is 0 Å². The first-order valence-corrected chi connectivity index (χ1v) is 7.12. The number of aromatic nitrogens is 2. The average molecular weight is 282 g/mol. The minimum Gasteiger partial charge on any atom is -0.353 e. The van der Waals surface area contributed by atoms with Crippen molar-refractivity contribution in [3.8, 4) is 0 Å². The molecule has 0 bridgehead atoms. The lowest BCUT2D eigenvalue weighted by molar-refractivity contribution is 0.101. The second kappa shape index (κ2) is 5.91. The number of ketones is 1. The lowest BCUT2D eigenvalue weighted by atomic mass is 10.1. The summed E-state index contributed by atoms with van der Waals surface area (Å²) in [5.41, 5.74) is 0.698. The van der Waals surface area contributed by atoms with Crippen molar-refractivity contribution in [2.75, 3.05) is 36.0 Å². The zero-order chi connectivity index (χ0) is 14.7. The average Bonchev–Trinajstić information content (AvgIpc) is 2.56. The van der Waals surface area contributed by atoms with Crippen LogP contribution in [0.4, 0.5) is 11.6 Å². The smallest absolute Gasteiger partial charge is 0.163 e. The molecule has 2 aromatic rings. The molecule has 5 heteroatoms. The molecule has 0 saturated carbocycles. The monoisotopic (exact) mass is 282 g/mol. The van der Waals surface area contributed by atoms with Crippen LogP contribution in [-0.4, -0.2) is 41.9 Å². The number of nitrogens with zero attached hydrogens (tertiary/aromatic N) is 4. The minimum atomic E-state index is 0.0604. The summed E-state index contributed by atoms with van der Waals surface area (Å²) in [6.45, 7) is 5.03. The van der Waals surface area contributed by atoms with E-state index in [1.807, 2.05) is 36.5 Å². The fraction of sp³-hybridized carbons (Fsp3) is 0.312. The summed E-state index contributed by atoms with van der Waals surface area (Å²) in [4.78, 5) is 24.9. The quantitative estimate of drug-likeness (QED) is 0.806. The first-order valence-electron chi connectivity index (χ1n) is 7.12. The Morgan fingerprint density at radius 1 is 0.952 bits per heavy atom. The van der Waals surface area contributed by atoms with E-state index in [0.29, 0.717) is 5.56 Å². The topological polar surface area (TPSA) is 49.3 Å². The first-order chi connectivity index (χ1) is 10.3. The van der Waals surface area contributed by atoms with Gasteiger partial charge in [-0.25, -0.2) is 9.97 Å². The van der Waals surface area contributed by atoms with Crippen molar-refractivity contribution < 1.29 is 4.79 Å². The van der Waals surface area contributed by atoms with Crippen molar-refractivity contribution >= 4 is 17.4 Å². The molecule has 108 valence electrons. The van der Waals surface area contributed by atoms with Crippen molar-refractivity contribution in [1.29, 1.82) is 0 Å². The van der Waals surface area contributed by atoms with Gasteiger partial charge in [-0.1, -0.05) is 6.07 Å². The molecular weight excluding hydrogens is 264 g/mol. The lowest BCUT2D eigenvalue weighted by Gasteiger charge is -2.36. The van der Waals surface area contributed by atoms with Gasteiger partial charge in [0.2, 0.25) is 0 Å². The van der Waals surface area contributed by atoms with Gasteiger partial charge in [0.15, 0.2) is 5.78 Å². The number of carbonyl (C=O) groups excluding carboxylic acids is 1. The van der Waals surface area contributed by atoms with Gasteiger partial charge in [-0.3, -0.25) is 4.79 Å². The Labute approximate surface area is 124 Å². The van der Waals surface area contributed by atoms with Gasteiger partial charge in [0.05, 0.1) is 5.56 Å². The van der Waals surface area contributed by atoms with E-state index in [1.54, 1.807) is 13.1 Å². The predicted octanol–water partition coefficient (Wildman–Crippen LogP) is 2.01. The van der Waals surface area contributed by atoms with E-state index in [1.165, 1.54) is 0 Å². The molecule has 0 unspecified atom stereocenters. The maximum atomic E-state index is 11.7. The molecule has 0 aliphatic carbocycles. The maximum Gasteiger partial charge on any atom is 0.163 e. The third kappa shape index (κ3) is 2.86. The molecule has 0 N–H and O–H groups in total. The Kier molecular flexibility index (Phi) is 3.81. The van der Waals surface area contributed by atoms with E-state index in [-0.39, 0.29) is 5.78 Å². The van der Waals surface area contributed by atoms with Gasteiger partial charge in [0, 0.05) is 38.6 Å². The van der Waals surface area contributed by atoms with Crippen LogP contribution in [0.15, 0.2) is 42.7 Å². The molecule has 21 heavy (non-hydrogen) atoms. The number of piperazine rings is 1. The largest absolute Gasteiger partial charge is 0.353 e. The molecule has 1 aliphatic rings. The molecule has 3 rings (SSSR count). The van der Waals surface area contributed by atoms with Crippen LogP contribution in [0, 0.1) is 0 Å². The van der Waals surface area contributed by atoms with Gasteiger partial charge in [0.1, 0.15) is 11.6 Å². The van der Waals surface area contributed by atoms with Crippen molar-refractivity contribution in [2.24, 2.45) is 0 Å². The normalized spacial score (nSPS) is 15.1. The summed E-state index contributed by atoms with van der Waals surface area (Å²) in [6, 6.07) is 9.60. The van der Waals surface area contributed by atoms with E-state index in [2.05, 4.69) is 19.8 Å². The number of carbonyl (C=O) groups is 1. The molecule has 2 aromatic heterocycles. The van der Waals surface area contributed by atoms with Crippen LogP contribution in [0.2, 0.25) is 0 Å². The van der Waals surface area contributed by atoms with Crippen molar-refractivity contribution in [2.45, 2.75) is 6.92 Å². The minimum absolute atomic E-state index is 0.0604. The summed E-state index contributed by atoms with van der Waals surface area (Å²) < 4.78 is 0.